The molecule has 5 nitrogen and oxygen atoms in total. The lowest BCUT2D eigenvalue weighted by Crippen LogP contribution is -2.32. The second-order valence-electron chi connectivity index (χ2n) is 8.40. The van der Waals surface area contributed by atoms with Gasteiger partial charge in [0, 0.05) is 40.8 Å². The SMILES string of the molecule is O=C(NC1CC1)c1ccc(CN(C(=O)c2ccc(Sc3ccccn3)cc2)C2CC2)cc1. The maximum Gasteiger partial charge on any atom is 0.254 e. The first-order valence-electron chi connectivity index (χ1n) is 11.1. The van der Waals surface area contributed by atoms with Crippen molar-refractivity contribution < 1.29 is 9.59 Å². The van der Waals surface area contributed by atoms with Gasteiger partial charge in [0.25, 0.3) is 11.8 Å². The van der Waals surface area contributed by atoms with Crippen molar-refractivity contribution in [3.8, 4) is 0 Å². The zero-order valence-electron chi connectivity index (χ0n) is 17.7. The highest BCUT2D eigenvalue weighted by molar-refractivity contribution is 7.99. The Labute approximate surface area is 192 Å². The Hall–Kier alpha value is -3.12. The first kappa shape index (κ1) is 20.8. The number of nitrogens with zero attached hydrogens (tertiary/aromatic N) is 2. The molecule has 0 spiro atoms. The summed E-state index contributed by atoms with van der Waals surface area (Å²) in [4.78, 5) is 32.8. The van der Waals surface area contributed by atoms with Gasteiger partial charge in [-0.1, -0.05) is 30.0 Å². The Balaban J connectivity index is 1.24. The van der Waals surface area contributed by atoms with Gasteiger partial charge in [-0.3, -0.25) is 9.59 Å². The number of carbonyl (C=O) groups excluding carboxylic acids is 2. The number of aromatic nitrogens is 1. The molecule has 0 unspecified atom stereocenters. The molecule has 2 amide bonds. The van der Waals surface area contributed by atoms with E-state index < -0.39 is 0 Å². The summed E-state index contributed by atoms with van der Waals surface area (Å²) < 4.78 is 0. The Bertz CT molecular complexity index is 1090. The van der Waals surface area contributed by atoms with E-state index >= 15 is 0 Å². The van der Waals surface area contributed by atoms with E-state index in [1.54, 1.807) is 18.0 Å². The molecule has 2 saturated carbocycles. The third-order valence-corrected chi connectivity index (χ3v) is 6.65. The van der Waals surface area contributed by atoms with E-state index in [-0.39, 0.29) is 11.8 Å². The van der Waals surface area contributed by atoms with E-state index in [1.807, 2.05) is 71.6 Å². The summed E-state index contributed by atoms with van der Waals surface area (Å²) in [5.41, 5.74) is 2.41. The Morgan fingerprint density at radius 2 is 1.62 bits per heavy atom. The molecule has 2 aromatic carbocycles. The van der Waals surface area contributed by atoms with E-state index in [9.17, 15) is 9.59 Å². The molecule has 2 aliphatic carbocycles. The second-order valence-corrected chi connectivity index (χ2v) is 9.50. The molecule has 0 atom stereocenters. The minimum Gasteiger partial charge on any atom is -0.349 e. The predicted octanol–water partition coefficient (Wildman–Crippen LogP) is 4.93. The van der Waals surface area contributed by atoms with Crippen molar-refractivity contribution in [3.63, 3.8) is 0 Å². The summed E-state index contributed by atoms with van der Waals surface area (Å²) >= 11 is 1.58. The Kier molecular flexibility index (Phi) is 5.95. The number of nitrogens with one attached hydrogen (secondary N) is 1. The highest BCUT2D eigenvalue weighted by Crippen LogP contribution is 2.31. The largest absolute Gasteiger partial charge is 0.349 e. The molecule has 5 rings (SSSR count). The average Bonchev–Trinajstić information content (AvgIpc) is 3.74. The number of pyridine rings is 1. The molecule has 0 radical (unpaired) electrons. The monoisotopic (exact) mass is 443 g/mol. The zero-order valence-corrected chi connectivity index (χ0v) is 18.6. The standard InChI is InChI=1S/C26H25N3O2S/c30-25(28-21-10-11-21)19-6-4-18(5-7-19)17-29(22-12-13-22)26(31)20-8-14-23(15-9-20)32-24-3-1-2-16-27-24/h1-9,14-16,21-22H,10-13,17H2,(H,28,30). The molecule has 0 saturated heterocycles. The van der Waals surface area contributed by atoms with Crippen LogP contribution in [-0.4, -0.2) is 33.8 Å². The number of rotatable bonds is 8. The molecular formula is C26H25N3O2S. The molecule has 6 heteroatoms. The van der Waals surface area contributed by atoms with E-state index in [0.29, 0.717) is 29.8 Å². The molecule has 3 aromatic rings. The molecule has 162 valence electrons. The fourth-order valence-corrected chi connectivity index (χ4v) is 4.34. The molecule has 1 aromatic heterocycles. The van der Waals surface area contributed by atoms with Crippen LogP contribution in [0.1, 0.15) is 52.0 Å². The van der Waals surface area contributed by atoms with Gasteiger partial charge in [-0.2, -0.15) is 0 Å². The van der Waals surface area contributed by atoms with E-state index in [4.69, 9.17) is 0 Å². The summed E-state index contributed by atoms with van der Waals surface area (Å²) in [5, 5.41) is 3.94. The van der Waals surface area contributed by atoms with Crippen LogP contribution in [0.4, 0.5) is 0 Å². The van der Waals surface area contributed by atoms with Crippen LogP contribution in [0.3, 0.4) is 0 Å². The molecule has 0 bridgehead atoms. The van der Waals surface area contributed by atoms with Gasteiger partial charge in [0.15, 0.2) is 0 Å². The van der Waals surface area contributed by atoms with Gasteiger partial charge in [-0.25, -0.2) is 4.98 Å². The van der Waals surface area contributed by atoms with Crippen LogP contribution in [-0.2, 0) is 6.54 Å². The fraction of sp³-hybridized carbons (Fsp3) is 0.269. The second kappa shape index (κ2) is 9.17. The maximum atomic E-state index is 13.2. The number of hydrogen-bond donors (Lipinski definition) is 1. The highest BCUT2D eigenvalue weighted by Gasteiger charge is 2.33. The smallest absolute Gasteiger partial charge is 0.254 e. The minimum atomic E-state index is -0.0159. The molecule has 1 N–H and O–H groups in total. The highest BCUT2D eigenvalue weighted by atomic mass is 32.2. The summed E-state index contributed by atoms with van der Waals surface area (Å²) in [6.07, 6.45) is 6.01. The summed E-state index contributed by atoms with van der Waals surface area (Å²) in [6.45, 7) is 0.554. The minimum absolute atomic E-state index is 0.0159. The van der Waals surface area contributed by atoms with Crippen LogP contribution in [0, 0.1) is 0 Å². The van der Waals surface area contributed by atoms with Gasteiger partial charge >= 0.3 is 0 Å². The maximum absolute atomic E-state index is 13.2. The number of hydrogen-bond acceptors (Lipinski definition) is 4. The molecule has 2 fully saturated rings. The van der Waals surface area contributed by atoms with Gasteiger partial charge in [0.05, 0.1) is 0 Å². The summed E-state index contributed by atoms with van der Waals surface area (Å²) in [6, 6.07) is 21.8. The van der Waals surface area contributed by atoms with E-state index in [0.717, 1.165) is 41.2 Å². The van der Waals surface area contributed by atoms with Crippen LogP contribution in [0.15, 0.2) is 82.8 Å². The van der Waals surface area contributed by atoms with Crippen molar-refractivity contribution in [2.45, 2.75) is 54.2 Å². The van der Waals surface area contributed by atoms with Crippen molar-refractivity contribution in [2.75, 3.05) is 0 Å². The van der Waals surface area contributed by atoms with E-state index in [1.165, 1.54) is 0 Å². The Morgan fingerprint density at radius 3 is 2.25 bits per heavy atom. The van der Waals surface area contributed by atoms with Crippen molar-refractivity contribution in [2.24, 2.45) is 0 Å². The van der Waals surface area contributed by atoms with Crippen molar-refractivity contribution >= 4 is 23.6 Å². The van der Waals surface area contributed by atoms with Gasteiger partial charge < -0.3 is 10.2 Å². The molecule has 1 heterocycles. The van der Waals surface area contributed by atoms with Crippen LogP contribution >= 0.6 is 11.8 Å². The first-order valence-corrected chi connectivity index (χ1v) is 11.9. The number of carbonyl (C=O) groups is 2. The fourth-order valence-electron chi connectivity index (χ4n) is 3.57. The lowest BCUT2D eigenvalue weighted by atomic mass is 10.1. The molecule has 0 aliphatic heterocycles. The topological polar surface area (TPSA) is 62.3 Å². The van der Waals surface area contributed by atoms with Gasteiger partial charge in [-0.05, 0) is 79.8 Å². The summed E-state index contributed by atoms with van der Waals surface area (Å²) in [5.74, 6) is 0.0373. The van der Waals surface area contributed by atoms with Gasteiger partial charge in [0.1, 0.15) is 5.03 Å². The van der Waals surface area contributed by atoms with Crippen LogP contribution < -0.4 is 5.32 Å². The average molecular weight is 444 g/mol. The zero-order chi connectivity index (χ0) is 21.9. The molecule has 32 heavy (non-hydrogen) atoms. The first-order chi connectivity index (χ1) is 15.7. The van der Waals surface area contributed by atoms with Crippen LogP contribution in [0.5, 0.6) is 0 Å². The molecular weight excluding hydrogens is 418 g/mol. The lowest BCUT2D eigenvalue weighted by molar-refractivity contribution is 0.0729. The number of benzene rings is 2. The predicted molar refractivity (Wildman–Crippen MR) is 125 cm³/mol. The van der Waals surface area contributed by atoms with Crippen molar-refractivity contribution in [1.82, 2.24) is 15.2 Å². The van der Waals surface area contributed by atoms with Gasteiger partial charge in [-0.15, -0.1) is 0 Å². The Morgan fingerprint density at radius 1 is 0.906 bits per heavy atom. The third-order valence-electron chi connectivity index (χ3n) is 5.69. The van der Waals surface area contributed by atoms with Gasteiger partial charge in [0.2, 0.25) is 0 Å². The normalized spacial score (nSPS) is 15.2. The van der Waals surface area contributed by atoms with E-state index in [2.05, 4.69) is 10.3 Å². The quantitative estimate of drug-likeness (QED) is 0.536. The van der Waals surface area contributed by atoms with Crippen LogP contribution in [0.2, 0.25) is 0 Å². The van der Waals surface area contributed by atoms with Crippen molar-refractivity contribution in [1.29, 1.82) is 0 Å². The molecule has 2 aliphatic rings. The van der Waals surface area contributed by atoms with Crippen LogP contribution in [0.25, 0.3) is 0 Å². The summed E-state index contributed by atoms with van der Waals surface area (Å²) in [7, 11) is 0. The number of amides is 2. The van der Waals surface area contributed by atoms with Crippen molar-refractivity contribution in [3.05, 3.63) is 89.6 Å². The lowest BCUT2D eigenvalue weighted by Gasteiger charge is -2.23. The third kappa shape index (κ3) is 5.19.